The van der Waals surface area contributed by atoms with Crippen LogP contribution in [-0.4, -0.2) is 18.1 Å². The van der Waals surface area contributed by atoms with Gasteiger partial charge in [0.15, 0.2) is 0 Å². The van der Waals surface area contributed by atoms with Crippen molar-refractivity contribution in [2.75, 3.05) is 7.11 Å². The Bertz CT molecular complexity index is 1030. The number of rotatable bonds is 6. The van der Waals surface area contributed by atoms with Crippen LogP contribution in [0.2, 0.25) is 0 Å². The third-order valence-corrected chi connectivity index (χ3v) is 5.47. The van der Waals surface area contributed by atoms with E-state index in [0.29, 0.717) is 16.8 Å². The Morgan fingerprint density at radius 2 is 2.08 bits per heavy atom. The van der Waals surface area contributed by atoms with Gasteiger partial charge < -0.3 is 13.9 Å². The SMILES string of the molecule is COCc1c(C(=O)OCc2csc(-c3ccsc3)n2)oc2ccccc12. The number of hydrogen-bond acceptors (Lipinski definition) is 7. The lowest BCUT2D eigenvalue weighted by Gasteiger charge is -2.03. The molecule has 26 heavy (non-hydrogen) atoms. The lowest BCUT2D eigenvalue weighted by Crippen LogP contribution is -2.07. The Hall–Kier alpha value is -2.48. The van der Waals surface area contributed by atoms with Crippen molar-refractivity contribution in [1.82, 2.24) is 4.98 Å². The van der Waals surface area contributed by atoms with Crippen LogP contribution in [-0.2, 0) is 22.7 Å². The summed E-state index contributed by atoms with van der Waals surface area (Å²) in [6.07, 6.45) is 0. The highest BCUT2D eigenvalue weighted by Gasteiger charge is 2.22. The summed E-state index contributed by atoms with van der Waals surface area (Å²) in [6, 6.07) is 9.49. The first-order chi connectivity index (χ1) is 12.8. The number of hydrogen-bond donors (Lipinski definition) is 0. The number of carbonyl (C=O) groups excluding carboxylic acids is 1. The minimum Gasteiger partial charge on any atom is -0.453 e. The topological polar surface area (TPSA) is 61.6 Å². The number of benzene rings is 1. The number of fused-ring (bicyclic) bond motifs is 1. The quantitative estimate of drug-likeness (QED) is 0.431. The van der Waals surface area contributed by atoms with Crippen molar-refractivity contribution in [2.24, 2.45) is 0 Å². The van der Waals surface area contributed by atoms with Crippen LogP contribution in [0.4, 0.5) is 0 Å². The van der Waals surface area contributed by atoms with E-state index >= 15 is 0 Å². The summed E-state index contributed by atoms with van der Waals surface area (Å²) in [4.78, 5) is 17.0. The monoisotopic (exact) mass is 385 g/mol. The molecule has 5 nitrogen and oxygen atoms in total. The molecule has 1 aromatic carbocycles. The zero-order chi connectivity index (χ0) is 17.9. The largest absolute Gasteiger partial charge is 0.453 e. The number of aromatic nitrogens is 1. The van der Waals surface area contributed by atoms with Gasteiger partial charge >= 0.3 is 5.97 Å². The maximum absolute atomic E-state index is 12.5. The molecule has 0 bridgehead atoms. The molecule has 0 radical (unpaired) electrons. The highest BCUT2D eigenvalue weighted by molar-refractivity contribution is 7.14. The minimum atomic E-state index is -0.515. The molecular weight excluding hydrogens is 370 g/mol. The Labute approximate surface area is 157 Å². The van der Waals surface area contributed by atoms with Crippen LogP contribution in [0.3, 0.4) is 0 Å². The van der Waals surface area contributed by atoms with Crippen molar-refractivity contribution < 1.29 is 18.7 Å². The normalized spacial score (nSPS) is 11.1. The van der Waals surface area contributed by atoms with E-state index in [1.54, 1.807) is 18.4 Å². The molecule has 3 heterocycles. The Kier molecular flexibility index (Phi) is 4.83. The Balaban J connectivity index is 1.52. The average Bonchev–Trinajstić information content (AvgIpc) is 3.39. The molecule has 0 fully saturated rings. The molecule has 3 aromatic heterocycles. The predicted molar refractivity (Wildman–Crippen MR) is 101 cm³/mol. The van der Waals surface area contributed by atoms with Gasteiger partial charge in [-0.3, -0.25) is 0 Å². The Morgan fingerprint density at radius 3 is 2.88 bits per heavy atom. The predicted octanol–water partition coefficient (Wildman–Crippen LogP) is 5.12. The number of furan rings is 1. The Morgan fingerprint density at radius 1 is 1.19 bits per heavy atom. The molecular formula is C19H15NO4S2. The fourth-order valence-corrected chi connectivity index (χ4v) is 4.16. The van der Waals surface area contributed by atoms with Gasteiger partial charge in [0.05, 0.1) is 12.3 Å². The van der Waals surface area contributed by atoms with E-state index in [4.69, 9.17) is 13.9 Å². The third-order valence-electron chi connectivity index (χ3n) is 3.84. The van der Waals surface area contributed by atoms with Crippen molar-refractivity contribution in [2.45, 2.75) is 13.2 Å². The number of para-hydroxylation sites is 1. The second kappa shape index (κ2) is 7.41. The third kappa shape index (κ3) is 3.29. The molecule has 0 unspecified atom stereocenters. The van der Waals surface area contributed by atoms with E-state index in [1.165, 1.54) is 11.3 Å². The van der Waals surface area contributed by atoms with Crippen LogP contribution in [0.5, 0.6) is 0 Å². The van der Waals surface area contributed by atoms with Crippen LogP contribution in [0, 0.1) is 0 Å². The summed E-state index contributed by atoms with van der Waals surface area (Å²) in [5, 5.41) is 7.72. The number of esters is 1. The van der Waals surface area contributed by atoms with E-state index in [2.05, 4.69) is 4.98 Å². The lowest BCUT2D eigenvalue weighted by molar-refractivity contribution is 0.0428. The molecule has 0 saturated carbocycles. The molecule has 0 atom stereocenters. The first kappa shape index (κ1) is 17.0. The maximum Gasteiger partial charge on any atom is 0.375 e. The molecule has 4 aromatic rings. The van der Waals surface area contributed by atoms with Crippen molar-refractivity contribution >= 4 is 39.6 Å². The molecule has 0 aliphatic carbocycles. The van der Waals surface area contributed by atoms with Crippen molar-refractivity contribution in [1.29, 1.82) is 0 Å². The van der Waals surface area contributed by atoms with E-state index < -0.39 is 5.97 Å². The van der Waals surface area contributed by atoms with Crippen molar-refractivity contribution in [3.8, 4) is 10.6 Å². The van der Waals surface area contributed by atoms with Crippen molar-refractivity contribution in [3.63, 3.8) is 0 Å². The van der Waals surface area contributed by atoms with Crippen LogP contribution in [0.25, 0.3) is 21.5 Å². The zero-order valence-corrected chi connectivity index (χ0v) is 15.6. The summed E-state index contributed by atoms with van der Waals surface area (Å²) in [6.45, 7) is 0.378. The van der Waals surface area contributed by atoms with Gasteiger partial charge in [0.1, 0.15) is 17.2 Å². The number of thiazole rings is 1. The highest BCUT2D eigenvalue weighted by Crippen LogP contribution is 2.28. The first-order valence-corrected chi connectivity index (χ1v) is 9.72. The van der Waals surface area contributed by atoms with Gasteiger partial charge in [-0.1, -0.05) is 18.2 Å². The standard InChI is InChI=1S/C19H15NO4S2/c1-22-9-15-14-4-2-3-5-16(14)24-17(15)19(21)23-8-13-11-26-18(20-13)12-6-7-25-10-12/h2-7,10-11H,8-9H2,1H3. The fraction of sp³-hybridized carbons (Fsp3) is 0.158. The highest BCUT2D eigenvalue weighted by atomic mass is 32.1. The van der Waals surface area contributed by atoms with Crippen LogP contribution in [0.1, 0.15) is 21.8 Å². The van der Waals surface area contributed by atoms with E-state index in [1.807, 2.05) is 46.5 Å². The smallest absolute Gasteiger partial charge is 0.375 e. The number of nitrogens with zero attached hydrogens (tertiary/aromatic N) is 1. The van der Waals surface area contributed by atoms with Gasteiger partial charge in [-0.2, -0.15) is 11.3 Å². The maximum atomic E-state index is 12.5. The van der Waals surface area contributed by atoms with Gasteiger partial charge in [0.2, 0.25) is 5.76 Å². The number of ether oxygens (including phenoxy) is 2. The molecule has 4 rings (SSSR count). The summed E-state index contributed by atoms with van der Waals surface area (Å²) in [7, 11) is 1.58. The molecule has 132 valence electrons. The molecule has 0 saturated heterocycles. The number of thiophene rings is 1. The van der Waals surface area contributed by atoms with E-state index in [9.17, 15) is 4.79 Å². The number of methoxy groups -OCH3 is 1. The van der Waals surface area contributed by atoms with Gasteiger partial charge in [0, 0.05) is 34.4 Å². The molecule has 0 aliphatic rings. The molecule has 7 heteroatoms. The van der Waals surface area contributed by atoms with Crippen LogP contribution >= 0.6 is 22.7 Å². The number of carbonyl (C=O) groups is 1. The summed E-state index contributed by atoms with van der Waals surface area (Å²) in [5.74, 6) is -0.334. The van der Waals surface area contributed by atoms with Gasteiger partial charge in [-0.15, -0.1) is 11.3 Å². The fourth-order valence-electron chi connectivity index (χ4n) is 2.65. The first-order valence-electron chi connectivity index (χ1n) is 7.89. The second-order valence-corrected chi connectivity index (χ2v) is 7.21. The molecule has 0 spiro atoms. The summed E-state index contributed by atoms with van der Waals surface area (Å²) in [5.41, 5.74) is 3.14. The van der Waals surface area contributed by atoms with Gasteiger partial charge in [-0.25, -0.2) is 9.78 Å². The van der Waals surface area contributed by atoms with Crippen molar-refractivity contribution in [3.05, 3.63) is 63.5 Å². The minimum absolute atomic E-state index is 0.100. The zero-order valence-electron chi connectivity index (χ0n) is 13.9. The van der Waals surface area contributed by atoms with Crippen LogP contribution in [0.15, 0.2) is 50.9 Å². The van der Waals surface area contributed by atoms with Gasteiger partial charge in [0.25, 0.3) is 0 Å². The van der Waals surface area contributed by atoms with E-state index in [-0.39, 0.29) is 19.0 Å². The lowest BCUT2D eigenvalue weighted by atomic mass is 10.1. The molecule has 0 N–H and O–H groups in total. The molecule has 0 amide bonds. The summed E-state index contributed by atoms with van der Waals surface area (Å²) < 4.78 is 16.3. The molecule has 0 aliphatic heterocycles. The average molecular weight is 385 g/mol. The summed E-state index contributed by atoms with van der Waals surface area (Å²) >= 11 is 3.16. The second-order valence-electron chi connectivity index (χ2n) is 5.57. The van der Waals surface area contributed by atoms with Crippen LogP contribution < -0.4 is 0 Å². The van der Waals surface area contributed by atoms with Gasteiger partial charge in [-0.05, 0) is 17.5 Å². The van der Waals surface area contributed by atoms with E-state index in [0.717, 1.165) is 16.0 Å².